The highest BCUT2D eigenvalue weighted by atomic mass is 19.1. The molecule has 15 nitrogen and oxygen atoms in total. The van der Waals surface area contributed by atoms with E-state index in [1.165, 1.54) is 0 Å². The Morgan fingerprint density at radius 2 is 1.75 bits per heavy atom. The van der Waals surface area contributed by atoms with Gasteiger partial charge in [-0.1, -0.05) is 0 Å². The summed E-state index contributed by atoms with van der Waals surface area (Å²) in [5.41, 5.74) is 5.04. The number of imidazole rings is 1. The molecule has 16 heteroatoms. The number of aliphatic hydroxyl groups is 3. The fraction of sp³-hybridized carbons (Fsp3) is 0.500. The largest absolute Gasteiger partial charge is 0.433 e. The minimum atomic E-state index is -3.34. The third-order valence-electron chi connectivity index (χ3n) is 4.33. The second-order valence-electron chi connectivity index (χ2n) is 6.69. The number of carbonyl (C=O) groups excluding carboxylic acids is 3. The molecule has 2 aromatic heterocycles. The standard InChI is InChI=1S/C16H18FN5O10/c1-5(23)29-12(26)9-15(27,31-6(2)24)16(28,32-7(3)25)13(30-9)22-4-19-8-10(18)20-14(17)21-11(8)22/h4,9,12-13,26-28H,1-3H3,(H2,18,20,21)/t9-,12+,13-,15-,16+/m1/s1. The molecular formula is C16H18FN5O10. The average Bonchev–Trinajstić information content (AvgIpc) is 3.11. The average molecular weight is 459 g/mol. The van der Waals surface area contributed by atoms with Gasteiger partial charge in [0.15, 0.2) is 23.1 Å². The third kappa shape index (κ3) is 3.68. The van der Waals surface area contributed by atoms with E-state index >= 15 is 0 Å². The van der Waals surface area contributed by atoms with Crippen molar-refractivity contribution in [2.24, 2.45) is 0 Å². The van der Waals surface area contributed by atoms with Gasteiger partial charge in [-0.15, -0.1) is 0 Å². The first-order valence-corrected chi connectivity index (χ1v) is 8.80. The van der Waals surface area contributed by atoms with E-state index in [1.807, 2.05) is 0 Å². The first-order chi connectivity index (χ1) is 14.8. The zero-order chi connectivity index (χ0) is 24.0. The quantitative estimate of drug-likeness (QED) is 0.162. The number of esters is 3. The number of rotatable bonds is 5. The lowest BCUT2D eigenvalue weighted by atomic mass is 10.0. The molecule has 0 unspecified atom stereocenters. The molecule has 0 aromatic carbocycles. The summed E-state index contributed by atoms with van der Waals surface area (Å²) in [6, 6.07) is 0. The monoisotopic (exact) mass is 459 g/mol. The highest BCUT2D eigenvalue weighted by Crippen LogP contribution is 2.49. The van der Waals surface area contributed by atoms with E-state index in [9.17, 15) is 34.1 Å². The van der Waals surface area contributed by atoms with Gasteiger partial charge in [-0.25, -0.2) is 4.98 Å². The van der Waals surface area contributed by atoms with Crippen LogP contribution in [0.4, 0.5) is 10.2 Å². The van der Waals surface area contributed by atoms with E-state index in [1.54, 1.807) is 0 Å². The van der Waals surface area contributed by atoms with E-state index < -0.39 is 65.6 Å². The summed E-state index contributed by atoms with van der Waals surface area (Å²) < 4.78 is 34.1. The van der Waals surface area contributed by atoms with Crippen LogP contribution in [0.25, 0.3) is 11.2 Å². The van der Waals surface area contributed by atoms with Crippen molar-refractivity contribution < 1.29 is 53.0 Å². The number of nitrogens with zero attached hydrogens (tertiary/aromatic N) is 4. The van der Waals surface area contributed by atoms with Gasteiger partial charge in [0.25, 0.3) is 0 Å². The molecule has 0 bridgehead atoms. The number of aromatic nitrogens is 4. The van der Waals surface area contributed by atoms with Gasteiger partial charge >= 0.3 is 35.6 Å². The van der Waals surface area contributed by atoms with Crippen LogP contribution in [0.5, 0.6) is 0 Å². The molecule has 3 rings (SSSR count). The van der Waals surface area contributed by atoms with Crippen molar-refractivity contribution >= 4 is 34.9 Å². The number of ether oxygens (including phenoxy) is 4. The summed E-state index contributed by atoms with van der Waals surface area (Å²) in [5.74, 6) is -10.5. The number of carbonyl (C=O) groups is 3. The molecule has 2 aromatic rings. The van der Waals surface area contributed by atoms with E-state index in [0.29, 0.717) is 0 Å². The summed E-state index contributed by atoms with van der Waals surface area (Å²) >= 11 is 0. The van der Waals surface area contributed by atoms with Gasteiger partial charge in [0.1, 0.15) is 0 Å². The molecule has 3 heterocycles. The normalized spacial score (nSPS) is 28.3. The Morgan fingerprint density at radius 3 is 2.31 bits per heavy atom. The van der Waals surface area contributed by atoms with Gasteiger partial charge in [0, 0.05) is 20.8 Å². The van der Waals surface area contributed by atoms with E-state index in [4.69, 9.17) is 19.9 Å². The van der Waals surface area contributed by atoms with E-state index in [2.05, 4.69) is 19.7 Å². The fourth-order valence-corrected chi connectivity index (χ4v) is 3.23. The lowest BCUT2D eigenvalue weighted by molar-refractivity contribution is -0.366. The molecule has 1 saturated heterocycles. The van der Waals surface area contributed by atoms with Gasteiger partial charge in [-0.05, 0) is 0 Å². The van der Waals surface area contributed by atoms with Crippen LogP contribution in [0.2, 0.25) is 0 Å². The maximum absolute atomic E-state index is 13.8. The van der Waals surface area contributed by atoms with Crippen LogP contribution < -0.4 is 5.73 Å². The second kappa shape index (κ2) is 7.90. The van der Waals surface area contributed by atoms with E-state index in [0.717, 1.165) is 31.7 Å². The molecule has 1 aliphatic heterocycles. The van der Waals surface area contributed by atoms with Gasteiger partial charge in [-0.3, -0.25) is 19.0 Å². The third-order valence-corrected chi connectivity index (χ3v) is 4.33. The van der Waals surface area contributed by atoms with Gasteiger partial charge in [0.2, 0.25) is 12.5 Å². The Bertz CT molecular complexity index is 1090. The molecule has 174 valence electrons. The van der Waals surface area contributed by atoms with Crippen molar-refractivity contribution in [2.45, 2.75) is 51.0 Å². The zero-order valence-electron chi connectivity index (χ0n) is 16.8. The van der Waals surface area contributed by atoms with E-state index in [-0.39, 0.29) is 5.52 Å². The number of fused-ring (bicyclic) bond motifs is 1. The number of nitrogen functional groups attached to an aromatic ring is 1. The SMILES string of the molecule is CC(=O)O[C@H](O)[C@H]1O[C@@H](n2cnc3c(N)nc(F)nc32)[C@](O)(OC(C)=O)[C@]1(O)OC(C)=O. The Morgan fingerprint density at radius 1 is 1.16 bits per heavy atom. The van der Waals surface area contributed by atoms with Crippen molar-refractivity contribution in [1.29, 1.82) is 0 Å². The predicted octanol–water partition coefficient (Wildman–Crippen LogP) is -2.17. The molecule has 0 spiro atoms. The zero-order valence-corrected chi connectivity index (χ0v) is 16.8. The molecule has 1 fully saturated rings. The first-order valence-electron chi connectivity index (χ1n) is 8.80. The Kier molecular flexibility index (Phi) is 5.73. The molecular weight excluding hydrogens is 441 g/mol. The number of halogens is 1. The number of hydrogen-bond acceptors (Lipinski definition) is 14. The summed E-state index contributed by atoms with van der Waals surface area (Å²) in [6.45, 7) is 2.57. The molecule has 5 atom stereocenters. The Balaban J connectivity index is 2.24. The van der Waals surface area contributed by atoms with Gasteiger partial charge in [0.05, 0.1) is 6.33 Å². The molecule has 0 saturated carbocycles. The van der Waals surface area contributed by atoms with Crippen LogP contribution in [0.3, 0.4) is 0 Å². The summed E-state index contributed by atoms with van der Waals surface area (Å²) in [6.07, 6.45) is -7.04. The van der Waals surface area contributed by atoms with Crippen LogP contribution in [0.1, 0.15) is 27.0 Å². The predicted molar refractivity (Wildman–Crippen MR) is 94.8 cm³/mol. The Labute approximate surface area is 177 Å². The summed E-state index contributed by atoms with van der Waals surface area (Å²) in [7, 11) is 0. The number of hydrogen-bond donors (Lipinski definition) is 4. The maximum Gasteiger partial charge on any atom is 0.326 e. The lowest BCUT2D eigenvalue weighted by Crippen LogP contribution is -2.64. The van der Waals surface area contributed by atoms with Gasteiger partial charge in [-0.2, -0.15) is 14.4 Å². The number of aliphatic hydroxyl groups excluding tert-OH is 1. The van der Waals surface area contributed by atoms with Crippen molar-refractivity contribution in [2.75, 3.05) is 5.73 Å². The number of nitrogens with two attached hydrogens (primary N) is 1. The maximum atomic E-state index is 13.8. The number of anilines is 1. The van der Waals surface area contributed by atoms with Crippen molar-refractivity contribution in [3.05, 3.63) is 12.4 Å². The Hall–Kier alpha value is -3.47. The first kappa shape index (κ1) is 23.2. The minimum absolute atomic E-state index is 0.166. The summed E-state index contributed by atoms with van der Waals surface area (Å²) in [4.78, 5) is 45.3. The fourth-order valence-electron chi connectivity index (χ4n) is 3.23. The van der Waals surface area contributed by atoms with Crippen LogP contribution in [0.15, 0.2) is 6.33 Å². The highest BCUT2D eigenvalue weighted by Gasteiger charge is 2.75. The molecule has 32 heavy (non-hydrogen) atoms. The topological polar surface area (TPSA) is 218 Å². The molecule has 1 aliphatic rings. The van der Waals surface area contributed by atoms with Crippen LogP contribution in [-0.2, 0) is 33.3 Å². The molecule has 5 N–H and O–H groups in total. The van der Waals surface area contributed by atoms with Crippen LogP contribution >= 0.6 is 0 Å². The van der Waals surface area contributed by atoms with Crippen molar-refractivity contribution in [1.82, 2.24) is 19.5 Å². The molecule has 0 aliphatic carbocycles. The van der Waals surface area contributed by atoms with Crippen LogP contribution in [0, 0.1) is 6.08 Å². The molecule has 0 radical (unpaired) electrons. The molecule has 0 amide bonds. The lowest BCUT2D eigenvalue weighted by Gasteiger charge is -2.38. The minimum Gasteiger partial charge on any atom is -0.433 e. The van der Waals surface area contributed by atoms with Crippen molar-refractivity contribution in [3.63, 3.8) is 0 Å². The van der Waals surface area contributed by atoms with Crippen LogP contribution in [-0.4, -0.2) is 76.7 Å². The highest BCUT2D eigenvalue weighted by molar-refractivity contribution is 5.81. The smallest absolute Gasteiger partial charge is 0.326 e. The summed E-state index contributed by atoms with van der Waals surface area (Å²) in [5, 5.41) is 32.6. The van der Waals surface area contributed by atoms with Gasteiger partial charge < -0.3 is 40.0 Å². The van der Waals surface area contributed by atoms with Crippen molar-refractivity contribution in [3.8, 4) is 0 Å². The second-order valence-corrected chi connectivity index (χ2v) is 6.69.